The number of rotatable bonds is 5. The average molecular weight is 349 g/mol. The highest BCUT2D eigenvalue weighted by Gasteiger charge is 2.13. The number of nitrogens with one attached hydrogen (secondary N) is 1. The lowest BCUT2D eigenvalue weighted by Crippen LogP contribution is -2.21. The van der Waals surface area contributed by atoms with Gasteiger partial charge < -0.3 is 10.1 Å². The Morgan fingerprint density at radius 2 is 1.88 bits per heavy atom. The molecule has 1 N–H and O–H groups in total. The second-order valence-electron chi connectivity index (χ2n) is 4.91. The van der Waals surface area contributed by atoms with E-state index < -0.39 is 23.4 Å². The monoisotopic (exact) mass is 348 g/mol. The van der Waals surface area contributed by atoms with Gasteiger partial charge in [-0.25, -0.2) is 4.79 Å². The normalized spacial score (nSPS) is 10.1. The van der Waals surface area contributed by atoms with Crippen LogP contribution < -0.4 is 5.32 Å². The zero-order valence-electron chi connectivity index (χ0n) is 12.6. The molecule has 0 bridgehead atoms. The number of non-ortho nitro benzene ring substituents is 1. The predicted octanol–water partition coefficient (Wildman–Crippen LogP) is 3.35. The van der Waals surface area contributed by atoms with Crippen molar-refractivity contribution in [3.05, 3.63) is 68.7 Å². The number of benzene rings is 2. The van der Waals surface area contributed by atoms with E-state index in [2.05, 4.69) is 5.32 Å². The van der Waals surface area contributed by atoms with E-state index in [0.717, 1.165) is 11.6 Å². The number of anilines is 1. The largest absolute Gasteiger partial charge is 0.452 e. The van der Waals surface area contributed by atoms with Crippen LogP contribution in [0.25, 0.3) is 0 Å². The van der Waals surface area contributed by atoms with Crippen LogP contribution in [-0.4, -0.2) is 23.4 Å². The predicted molar refractivity (Wildman–Crippen MR) is 88.2 cm³/mol. The first-order chi connectivity index (χ1) is 11.4. The number of halogens is 1. The molecule has 24 heavy (non-hydrogen) atoms. The molecule has 0 aromatic heterocycles. The Hall–Kier alpha value is -2.93. The molecule has 0 aliphatic heterocycles. The first kappa shape index (κ1) is 17.4. The van der Waals surface area contributed by atoms with Crippen LogP contribution in [0.3, 0.4) is 0 Å². The molecule has 1 amide bonds. The van der Waals surface area contributed by atoms with Crippen LogP contribution >= 0.6 is 11.6 Å². The van der Waals surface area contributed by atoms with E-state index in [9.17, 15) is 19.7 Å². The van der Waals surface area contributed by atoms with Crippen LogP contribution in [0.2, 0.25) is 5.02 Å². The lowest BCUT2D eigenvalue weighted by molar-refractivity contribution is -0.384. The van der Waals surface area contributed by atoms with Crippen molar-refractivity contribution in [2.24, 2.45) is 0 Å². The van der Waals surface area contributed by atoms with Gasteiger partial charge in [-0.1, -0.05) is 29.3 Å². The summed E-state index contributed by atoms with van der Waals surface area (Å²) in [5.74, 6) is -1.23. The van der Waals surface area contributed by atoms with Gasteiger partial charge in [0.2, 0.25) is 0 Å². The van der Waals surface area contributed by atoms with Gasteiger partial charge in [0.05, 0.1) is 21.2 Å². The molecule has 0 atom stereocenters. The number of hydrogen-bond acceptors (Lipinski definition) is 5. The summed E-state index contributed by atoms with van der Waals surface area (Å²) in [6.07, 6.45) is 0. The van der Waals surface area contributed by atoms with E-state index in [4.69, 9.17) is 16.3 Å². The first-order valence-electron chi connectivity index (χ1n) is 6.84. The molecule has 124 valence electrons. The lowest BCUT2D eigenvalue weighted by atomic mass is 10.1. The molecule has 0 heterocycles. The number of carbonyl (C=O) groups excluding carboxylic acids is 2. The molecule has 2 rings (SSSR count). The summed E-state index contributed by atoms with van der Waals surface area (Å²) in [7, 11) is 0. The molecular formula is C16H13ClN2O5. The Labute approximate surface area is 142 Å². The van der Waals surface area contributed by atoms with Gasteiger partial charge in [-0.15, -0.1) is 0 Å². The SMILES string of the molecule is Cc1ccc(C(=O)OCC(=O)Nc2ccc([N+](=O)[O-])cc2Cl)cc1. The van der Waals surface area contributed by atoms with E-state index in [-0.39, 0.29) is 16.4 Å². The summed E-state index contributed by atoms with van der Waals surface area (Å²) >= 11 is 5.86. The number of ether oxygens (including phenoxy) is 1. The summed E-state index contributed by atoms with van der Waals surface area (Å²) in [5, 5.41) is 13.1. The minimum Gasteiger partial charge on any atom is -0.452 e. The van der Waals surface area contributed by atoms with E-state index >= 15 is 0 Å². The summed E-state index contributed by atoms with van der Waals surface area (Å²) < 4.78 is 4.90. The zero-order valence-corrected chi connectivity index (χ0v) is 13.4. The summed E-state index contributed by atoms with van der Waals surface area (Å²) in [6.45, 7) is 1.39. The fourth-order valence-electron chi connectivity index (χ4n) is 1.81. The molecule has 8 heteroatoms. The van der Waals surface area contributed by atoms with Crippen molar-refractivity contribution in [3.8, 4) is 0 Å². The fourth-order valence-corrected chi connectivity index (χ4v) is 2.03. The van der Waals surface area contributed by atoms with Gasteiger partial charge in [-0.2, -0.15) is 0 Å². The van der Waals surface area contributed by atoms with E-state index in [1.807, 2.05) is 6.92 Å². The van der Waals surface area contributed by atoms with E-state index in [1.54, 1.807) is 24.3 Å². The van der Waals surface area contributed by atoms with Crippen molar-refractivity contribution in [3.63, 3.8) is 0 Å². The molecule has 0 fully saturated rings. The number of hydrogen-bond donors (Lipinski definition) is 1. The van der Waals surface area contributed by atoms with Gasteiger partial charge >= 0.3 is 5.97 Å². The Morgan fingerprint density at radius 1 is 1.21 bits per heavy atom. The highest BCUT2D eigenvalue weighted by atomic mass is 35.5. The Bertz CT molecular complexity index is 790. The molecular weight excluding hydrogens is 336 g/mol. The van der Waals surface area contributed by atoms with Gasteiger partial charge in [-0.05, 0) is 25.1 Å². The summed E-state index contributed by atoms with van der Waals surface area (Å²) in [4.78, 5) is 33.6. The van der Waals surface area contributed by atoms with Gasteiger partial charge in [0, 0.05) is 12.1 Å². The van der Waals surface area contributed by atoms with Crippen molar-refractivity contribution < 1.29 is 19.2 Å². The lowest BCUT2D eigenvalue weighted by Gasteiger charge is -2.08. The highest BCUT2D eigenvalue weighted by Crippen LogP contribution is 2.26. The summed E-state index contributed by atoms with van der Waals surface area (Å²) in [6, 6.07) is 10.3. The smallest absolute Gasteiger partial charge is 0.338 e. The average Bonchev–Trinajstić information content (AvgIpc) is 2.55. The topological polar surface area (TPSA) is 98.5 Å². The Morgan fingerprint density at radius 3 is 2.46 bits per heavy atom. The molecule has 0 aliphatic rings. The van der Waals surface area contributed by atoms with Crippen LogP contribution in [0.4, 0.5) is 11.4 Å². The molecule has 0 saturated carbocycles. The molecule has 2 aromatic rings. The number of carbonyl (C=O) groups is 2. The van der Waals surface area contributed by atoms with Crippen molar-refractivity contribution in [2.45, 2.75) is 6.92 Å². The third-order valence-electron chi connectivity index (χ3n) is 3.06. The van der Waals surface area contributed by atoms with Gasteiger partial charge in [0.1, 0.15) is 0 Å². The third kappa shape index (κ3) is 4.53. The van der Waals surface area contributed by atoms with Crippen molar-refractivity contribution >= 4 is 34.9 Å². The van der Waals surface area contributed by atoms with E-state index in [0.29, 0.717) is 5.56 Å². The number of nitrogens with zero attached hydrogens (tertiary/aromatic N) is 1. The minimum absolute atomic E-state index is 0.0161. The number of amides is 1. The maximum Gasteiger partial charge on any atom is 0.338 e. The highest BCUT2D eigenvalue weighted by molar-refractivity contribution is 6.34. The third-order valence-corrected chi connectivity index (χ3v) is 3.37. The zero-order chi connectivity index (χ0) is 17.7. The second kappa shape index (κ2) is 7.56. The maximum absolute atomic E-state index is 11.8. The van der Waals surface area contributed by atoms with Gasteiger partial charge in [-0.3, -0.25) is 14.9 Å². The molecule has 0 aliphatic carbocycles. The summed E-state index contributed by atoms with van der Waals surface area (Å²) in [5.41, 5.74) is 1.33. The number of aryl methyl sites for hydroxylation is 1. The number of esters is 1. The van der Waals surface area contributed by atoms with E-state index in [1.165, 1.54) is 12.1 Å². The molecule has 0 saturated heterocycles. The molecule has 7 nitrogen and oxygen atoms in total. The standard InChI is InChI=1S/C16H13ClN2O5/c1-10-2-4-11(5-3-10)16(21)24-9-15(20)18-14-7-6-12(19(22)23)8-13(14)17/h2-8H,9H2,1H3,(H,18,20). The van der Waals surface area contributed by atoms with Crippen LogP contribution in [-0.2, 0) is 9.53 Å². The van der Waals surface area contributed by atoms with Crippen LogP contribution in [0.15, 0.2) is 42.5 Å². The Balaban J connectivity index is 1.92. The Kier molecular flexibility index (Phi) is 5.49. The van der Waals surface area contributed by atoms with Crippen molar-refractivity contribution in [1.82, 2.24) is 0 Å². The molecule has 0 radical (unpaired) electrons. The van der Waals surface area contributed by atoms with Crippen LogP contribution in [0.1, 0.15) is 15.9 Å². The minimum atomic E-state index is -0.625. The number of nitro groups is 1. The quantitative estimate of drug-likeness (QED) is 0.507. The maximum atomic E-state index is 11.8. The second-order valence-corrected chi connectivity index (χ2v) is 5.32. The first-order valence-corrected chi connectivity index (χ1v) is 7.22. The molecule has 0 unspecified atom stereocenters. The molecule has 0 spiro atoms. The van der Waals surface area contributed by atoms with Crippen molar-refractivity contribution in [1.29, 1.82) is 0 Å². The van der Waals surface area contributed by atoms with Crippen LogP contribution in [0, 0.1) is 17.0 Å². The fraction of sp³-hybridized carbons (Fsp3) is 0.125. The van der Waals surface area contributed by atoms with Gasteiger partial charge in [0.25, 0.3) is 11.6 Å². The van der Waals surface area contributed by atoms with Crippen molar-refractivity contribution in [2.75, 3.05) is 11.9 Å². The number of nitro benzene ring substituents is 1. The van der Waals surface area contributed by atoms with Gasteiger partial charge in [0.15, 0.2) is 6.61 Å². The molecule has 2 aromatic carbocycles. The van der Waals surface area contributed by atoms with Crippen LogP contribution in [0.5, 0.6) is 0 Å².